The Kier molecular flexibility index (Phi) is 4.40. The molecule has 0 aromatic rings. The molecule has 3 aliphatic carbocycles. The molecule has 3 rings (SSSR count). The van der Waals surface area contributed by atoms with Crippen LogP contribution in [-0.2, 0) is 0 Å². The first-order chi connectivity index (χ1) is 10.3. The van der Waals surface area contributed by atoms with Gasteiger partial charge in [0.2, 0.25) is 0 Å². The van der Waals surface area contributed by atoms with Gasteiger partial charge in [-0.15, -0.1) is 0 Å². The smallest absolute Gasteiger partial charge is 0.0545 e. The summed E-state index contributed by atoms with van der Waals surface area (Å²) in [5, 5.41) is 20.1. The highest BCUT2D eigenvalue weighted by Crippen LogP contribution is 2.63. The number of aliphatic hydroxyl groups excluding tert-OH is 2. The number of hydrogen-bond acceptors (Lipinski definition) is 2. The van der Waals surface area contributed by atoms with Crippen LogP contribution in [-0.4, -0.2) is 22.4 Å². The van der Waals surface area contributed by atoms with Crippen LogP contribution in [0.25, 0.3) is 0 Å². The van der Waals surface area contributed by atoms with Gasteiger partial charge in [0.1, 0.15) is 0 Å². The molecule has 0 aromatic carbocycles. The largest absolute Gasteiger partial charge is 0.393 e. The zero-order valence-electron chi connectivity index (χ0n) is 15.0. The van der Waals surface area contributed by atoms with E-state index in [1.807, 2.05) is 6.92 Å². The number of hydrogen-bond donors (Lipinski definition) is 2. The van der Waals surface area contributed by atoms with Crippen LogP contribution >= 0.6 is 0 Å². The fourth-order valence-corrected chi connectivity index (χ4v) is 6.95. The van der Waals surface area contributed by atoms with E-state index in [-0.39, 0.29) is 12.2 Å². The molecule has 3 fully saturated rings. The van der Waals surface area contributed by atoms with Crippen molar-refractivity contribution < 1.29 is 10.2 Å². The topological polar surface area (TPSA) is 40.5 Å². The van der Waals surface area contributed by atoms with Crippen molar-refractivity contribution in [2.45, 2.75) is 91.3 Å². The zero-order valence-corrected chi connectivity index (χ0v) is 15.0. The van der Waals surface area contributed by atoms with E-state index in [0.717, 1.165) is 30.6 Å². The molecule has 22 heavy (non-hydrogen) atoms. The Hall–Kier alpha value is -0.0800. The average Bonchev–Trinajstić information content (AvgIpc) is 2.81. The summed E-state index contributed by atoms with van der Waals surface area (Å²) in [6, 6.07) is 0. The molecule has 0 aromatic heterocycles. The molecular weight excluding hydrogens is 272 g/mol. The zero-order chi connectivity index (χ0) is 16.1. The molecule has 2 N–H and O–H groups in total. The first-order valence-electron chi connectivity index (χ1n) is 9.64. The molecule has 6 unspecified atom stereocenters. The molecule has 0 radical (unpaired) electrons. The summed E-state index contributed by atoms with van der Waals surface area (Å²) in [6.45, 7) is 9.44. The first kappa shape index (κ1) is 16.8. The van der Waals surface area contributed by atoms with Gasteiger partial charge in [-0.05, 0) is 92.8 Å². The predicted octanol–water partition coefficient (Wildman–Crippen LogP) is 4.39. The molecule has 2 nitrogen and oxygen atoms in total. The van der Waals surface area contributed by atoms with Gasteiger partial charge in [-0.25, -0.2) is 0 Å². The lowest BCUT2D eigenvalue weighted by atomic mass is 9.51. The maximum absolute atomic E-state index is 10.2. The molecule has 128 valence electrons. The van der Waals surface area contributed by atoms with E-state index >= 15 is 0 Å². The minimum atomic E-state index is -0.154. The van der Waals surface area contributed by atoms with E-state index in [4.69, 9.17) is 0 Å². The van der Waals surface area contributed by atoms with E-state index in [0.29, 0.717) is 16.7 Å². The third kappa shape index (κ3) is 2.55. The Bertz CT molecular complexity index is 397. The summed E-state index contributed by atoms with van der Waals surface area (Å²) in [5.41, 5.74) is 0.789. The molecule has 0 aliphatic heterocycles. The highest BCUT2D eigenvalue weighted by atomic mass is 16.3. The quantitative estimate of drug-likeness (QED) is 0.794. The maximum Gasteiger partial charge on any atom is 0.0545 e. The molecular formula is C20H36O2. The van der Waals surface area contributed by atoms with Gasteiger partial charge >= 0.3 is 0 Å². The second-order valence-electron chi connectivity index (χ2n) is 9.43. The van der Waals surface area contributed by atoms with Crippen molar-refractivity contribution in [2.75, 3.05) is 0 Å². The number of aliphatic hydroxyl groups is 2. The van der Waals surface area contributed by atoms with Crippen LogP contribution in [0.2, 0.25) is 0 Å². The lowest BCUT2D eigenvalue weighted by Crippen LogP contribution is -2.48. The highest BCUT2D eigenvalue weighted by molar-refractivity contribution is 5.05. The molecule has 0 bridgehead atoms. The fraction of sp³-hybridized carbons (Fsp3) is 1.00. The van der Waals surface area contributed by atoms with Crippen molar-refractivity contribution in [3.63, 3.8) is 0 Å². The molecule has 3 saturated carbocycles. The second-order valence-corrected chi connectivity index (χ2v) is 9.43. The van der Waals surface area contributed by atoms with Gasteiger partial charge in [-0.1, -0.05) is 20.8 Å². The molecule has 6 atom stereocenters. The van der Waals surface area contributed by atoms with Crippen LogP contribution in [0.5, 0.6) is 0 Å². The summed E-state index contributed by atoms with van der Waals surface area (Å²) in [4.78, 5) is 0. The summed E-state index contributed by atoms with van der Waals surface area (Å²) >= 11 is 0. The van der Waals surface area contributed by atoms with Crippen molar-refractivity contribution in [2.24, 2.45) is 34.5 Å². The van der Waals surface area contributed by atoms with E-state index in [9.17, 15) is 10.2 Å². The molecule has 2 heteroatoms. The lowest BCUT2D eigenvalue weighted by Gasteiger charge is -2.54. The Balaban J connectivity index is 1.77. The van der Waals surface area contributed by atoms with E-state index in [1.165, 1.54) is 38.5 Å². The van der Waals surface area contributed by atoms with Crippen LogP contribution in [0.1, 0.15) is 79.1 Å². The normalized spacial score (nSPS) is 54.0. The molecule has 0 spiro atoms. The minimum Gasteiger partial charge on any atom is -0.393 e. The predicted molar refractivity (Wildman–Crippen MR) is 90.5 cm³/mol. The van der Waals surface area contributed by atoms with Crippen molar-refractivity contribution in [1.29, 1.82) is 0 Å². The Morgan fingerprint density at radius 2 is 1.55 bits per heavy atom. The Morgan fingerprint density at radius 1 is 0.909 bits per heavy atom. The molecule has 0 saturated heterocycles. The van der Waals surface area contributed by atoms with Gasteiger partial charge < -0.3 is 10.2 Å². The Morgan fingerprint density at radius 3 is 2.14 bits per heavy atom. The number of fused-ring (bicyclic) bond motifs is 1. The summed E-state index contributed by atoms with van der Waals surface area (Å²) in [5.74, 6) is 2.87. The van der Waals surface area contributed by atoms with Gasteiger partial charge in [0.15, 0.2) is 0 Å². The van der Waals surface area contributed by atoms with Crippen molar-refractivity contribution in [3.8, 4) is 0 Å². The van der Waals surface area contributed by atoms with Crippen LogP contribution in [0.3, 0.4) is 0 Å². The first-order valence-corrected chi connectivity index (χ1v) is 9.64. The van der Waals surface area contributed by atoms with Crippen LogP contribution < -0.4 is 0 Å². The van der Waals surface area contributed by atoms with E-state index < -0.39 is 0 Å². The summed E-state index contributed by atoms with van der Waals surface area (Å²) in [6.07, 6.45) is 9.33. The lowest BCUT2D eigenvalue weighted by molar-refractivity contribution is -0.0725. The van der Waals surface area contributed by atoms with Crippen molar-refractivity contribution in [1.82, 2.24) is 0 Å². The summed E-state index contributed by atoms with van der Waals surface area (Å²) < 4.78 is 0. The van der Waals surface area contributed by atoms with Gasteiger partial charge in [-0.2, -0.15) is 0 Å². The maximum atomic E-state index is 10.2. The van der Waals surface area contributed by atoms with Gasteiger partial charge in [0.05, 0.1) is 12.2 Å². The van der Waals surface area contributed by atoms with Crippen molar-refractivity contribution >= 4 is 0 Å². The SMILES string of the molecule is CC(O)C1CCC2C(C)C(C3(C)CCC(O)CC3)CCC12C. The van der Waals surface area contributed by atoms with Gasteiger partial charge in [-0.3, -0.25) is 0 Å². The molecule has 3 aliphatic rings. The van der Waals surface area contributed by atoms with Crippen LogP contribution in [0, 0.1) is 34.5 Å². The van der Waals surface area contributed by atoms with Crippen LogP contribution in [0.4, 0.5) is 0 Å². The minimum absolute atomic E-state index is 0.0525. The Labute approximate surface area is 136 Å². The van der Waals surface area contributed by atoms with E-state index in [2.05, 4.69) is 20.8 Å². The monoisotopic (exact) mass is 308 g/mol. The third-order valence-corrected chi connectivity index (χ3v) is 8.32. The van der Waals surface area contributed by atoms with Gasteiger partial charge in [0.25, 0.3) is 0 Å². The molecule has 0 amide bonds. The average molecular weight is 309 g/mol. The third-order valence-electron chi connectivity index (χ3n) is 8.32. The van der Waals surface area contributed by atoms with Gasteiger partial charge in [0, 0.05) is 0 Å². The van der Waals surface area contributed by atoms with Crippen molar-refractivity contribution in [3.05, 3.63) is 0 Å². The second kappa shape index (κ2) is 5.77. The highest BCUT2D eigenvalue weighted by Gasteiger charge is 2.56. The van der Waals surface area contributed by atoms with Crippen LogP contribution in [0.15, 0.2) is 0 Å². The summed E-state index contributed by atoms with van der Waals surface area (Å²) in [7, 11) is 0. The fourth-order valence-electron chi connectivity index (χ4n) is 6.95. The number of rotatable bonds is 2. The van der Waals surface area contributed by atoms with E-state index in [1.54, 1.807) is 0 Å². The standard InChI is InChI=1S/C20H36O2/c1-13-16(19(3)10-7-15(22)8-11-19)9-12-20(4)17(13)5-6-18(20)14(2)21/h13-18,21-22H,5-12H2,1-4H3. The molecule has 0 heterocycles.